The normalized spacial score (nSPS) is 17.6. The van der Waals surface area contributed by atoms with E-state index in [2.05, 4.69) is 15.6 Å². The molecule has 1 heterocycles. The molecule has 140 valence electrons. The molecule has 1 atom stereocenters. The monoisotopic (exact) mass is 387 g/mol. The predicted octanol–water partition coefficient (Wildman–Crippen LogP) is 2.95. The molecular weight excluding hydrogens is 369 g/mol. The lowest BCUT2D eigenvalue weighted by Crippen LogP contribution is -2.28. The topological polar surface area (TPSA) is 79.8 Å². The number of methoxy groups -OCH3 is 1. The first kappa shape index (κ1) is 18.9. The van der Waals surface area contributed by atoms with Gasteiger partial charge in [-0.3, -0.25) is 14.6 Å². The standard InChI is InChI=1S/C19H18FN3O3S/c1-26-15-4-2-3-14(9-15)22-17(24)10-16-18(25)23-19(27-16)21-11-12-5-7-13(20)8-6-12/h2-9,16H,10-11H2,1H3,(H,22,24)(H,21,23,25)/t16-/m0/s1. The minimum atomic E-state index is -0.539. The van der Waals surface area contributed by atoms with Crippen LogP contribution in [-0.2, 0) is 16.1 Å². The third kappa shape index (κ3) is 5.30. The van der Waals surface area contributed by atoms with Gasteiger partial charge in [-0.2, -0.15) is 0 Å². The molecule has 2 aromatic carbocycles. The number of amides is 2. The van der Waals surface area contributed by atoms with Crippen LogP contribution >= 0.6 is 11.8 Å². The first-order valence-corrected chi connectivity index (χ1v) is 9.12. The summed E-state index contributed by atoms with van der Waals surface area (Å²) in [5.74, 6) is -0.192. The summed E-state index contributed by atoms with van der Waals surface area (Å²) >= 11 is 1.22. The molecule has 0 aromatic heterocycles. The molecule has 0 bridgehead atoms. The largest absolute Gasteiger partial charge is 0.497 e. The van der Waals surface area contributed by atoms with Gasteiger partial charge in [-0.05, 0) is 29.8 Å². The van der Waals surface area contributed by atoms with Crippen molar-refractivity contribution in [1.29, 1.82) is 0 Å². The molecule has 1 aliphatic rings. The molecule has 1 saturated heterocycles. The first-order chi connectivity index (χ1) is 13.0. The molecule has 0 spiro atoms. The van der Waals surface area contributed by atoms with Crippen LogP contribution in [0.2, 0.25) is 0 Å². The third-order valence-electron chi connectivity index (χ3n) is 3.82. The Labute approximate surface area is 160 Å². The lowest BCUT2D eigenvalue weighted by Gasteiger charge is -2.08. The smallest absolute Gasteiger partial charge is 0.240 e. The highest BCUT2D eigenvalue weighted by Crippen LogP contribution is 2.24. The first-order valence-electron chi connectivity index (χ1n) is 8.24. The number of anilines is 1. The van der Waals surface area contributed by atoms with Crippen LogP contribution in [0.4, 0.5) is 10.1 Å². The summed E-state index contributed by atoms with van der Waals surface area (Å²) in [6.07, 6.45) is 0.0310. The van der Waals surface area contributed by atoms with E-state index >= 15 is 0 Å². The Morgan fingerprint density at radius 1 is 1.30 bits per heavy atom. The second-order valence-electron chi connectivity index (χ2n) is 5.83. The maximum atomic E-state index is 12.9. The van der Waals surface area contributed by atoms with E-state index in [1.165, 1.54) is 23.9 Å². The molecule has 0 unspecified atom stereocenters. The van der Waals surface area contributed by atoms with Gasteiger partial charge >= 0.3 is 0 Å². The molecular formula is C19H18FN3O3S. The van der Waals surface area contributed by atoms with Crippen LogP contribution in [0.3, 0.4) is 0 Å². The fourth-order valence-corrected chi connectivity index (χ4v) is 3.42. The minimum absolute atomic E-state index is 0.0310. The number of rotatable bonds is 6. The highest BCUT2D eigenvalue weighted by molar-refractivity contribution is 8.15. The van der Waals surface area contributed by atoms with Gasteiger partial charge in [0.2, 0.25) is 11.8 Å². The summed E-state index contributed by atoms with van der Waals surface area (Å²) in [6, 6.07) is 13.0. The highest BCUT2D eigenvalue weighted by atomic mass is 32.2. The Kier molecular flexibility index (Phi) is 6.08. The Bertz CT molecular complexity index is 871. The fraction of sp³-hybridized carbons (Fsp3) is 0.211. The lowest BCUT2D eigenvalue weighted by molar-refractivity contribution is -0.122. The van der Waals surface area contributed by atoms with E-state index in [0.717, 1.165) is 5.56 Å². The van der Waals surface area contributed by atoms with Gasteiger partial charge in [-0.25, -0.2) is 4.39 Å². The summed E-state index contributed by atoms with van der Waals surface area (Å²) in [6.45, 7) is 0.325. The van der Waals surface area contributed by atoms with Crippen molar-refractivity contribution >= 4 is 34.4 Å². The minimum Gasteiger partial charge on any atom is -0.497 e. The molecule has 0 radical (unpaired) electrons. The van der Waals surface area contributed by atoms with Gasteiger partial charge in [0, 0.05) is 18.2 Å². The molecule has 2 N–H and O–H groups in total. The van der Waals surface area contributed by atoms with Crippen LogP contribution in [0.25, 0.3) is 0 Å². The van der Waals surface area contributed by atoms with Crippen LogP contribution in [0, 0.1) is 5.82 Å². The maximum absolute atomic E-state index is 12.9. The zero-order chi connectivity index (χ0) is 19.2. The molecule has 2 amide bonds. The summed E-state index contributed by atoms with van der Waals surface area (Å²) in [5, 5.41) is 5.35. The number of aliphatic imine (C=N–C) groups is 1. The molecule has 8 heteroatoms. The van der Waals surface area contributed by atoms with Crippen LogP contribution in [0.1, 0.15) is 12.0 Å². The quantitative estimate of drug-likeness (QED) is 0.799. The van der Waals surface area contributed by atoms with Gasteiger partial charge in [0.05, 0.1) is 13.7 Å². The summed E-state index contributed by atoms with van der Waals surface area (Å²) in [4.78, 5) is 28.6. The van der Waals surface area contributed by atoms with Gasteiger partial charge in [0.1, 0.15) is 16.8 Å². The van der Waals surface area contributed by atoms with E-state index < -0.39 is 5.25 Å². The average molecular weight is 387 g/mol. The summed E-state index contributed by atoms with van der Waals surface area (Å²) in [5.41, 5.74) is 1.44. The molecule has 0 aliphatic carbocycles. The van der Waals surface area contributed by atoms with Crippen molar-refractivity contribution in [2.75, 3.05) is 12.4 Å². The van der Waals surface area contributed by atoms with Gasteiger partial charge < -0.3 is 15.4 Å². The number of halogens is 1. The van der Waals surface area contributed by atoms with Crippen molar-refractivity contribution < 1.29 is 18.7 Å². The predicted molar refractivity (Wildman–Crippen MR) is 103 cm³/mol. The second-order valence-corrected chi connectivity index (χ2v) is 7.02. The van der Waals surface area contributed by atoms with Crippen molar-refractivity contribution in [3.63, 3.8) is 0 Å². The van der Waals surface area contributed by atoms with E-state index in [-0.39, 0.29) is 24.1 Å². The number of nitrogens with one attached hydrogen (secondary N) is 2. The zero-order valence-corrected chi connectivity index (χ0v) is 15.4. The van der Waals surface area contributed by atoms with Gasteiger partial charge in [0.25, 0.3) is 0 Å². The van der Waals surface area contributed by atoms with Crippen molar-refractivity contribution in [2.45, 2.75) is 18.2 Å². The molecule has 0 saturated carbocycles. The van der Waals surface area contributed by atoms with Crippen molar-refractivity contribution in [3.05, 3.63) is 59.9 Å². The molecule has 6 nitrogen and oxygen atoms in total. The summed E-state index contributed by atoms with van der Waals surface area (Å²) < 4.78 is 18.0. The number of hydrogen-bond acceptors (Lipinski definition) is 5. The Morgan fingerprint density at radius 2 is 2.07 bits per heavy atom. The average Bonchev–Trinajstić information content (AvgIpc) is 3.00. The summed E-state index contributed by atoms with van der Waals surface area (Å²) in [7, 11) is 1.55. The number of benzene rings is 2. The zero-order valence-electron chi connectivity index (χ0n) is 14.6. The number of hydrogen-bond donors (Lipinski definition) is 2. The molecule has 2 aromatic rings. The SMILES string of the molecule is COc1cccc(NC(=O)C[C@@H]2SC(=NCc3ccc(F)cc3)NC2=O)c1. The Balaban J connectivity index is 1.54. The van der Waals surface area contributed by atoms with Gasteiger partial charge in [-0.15, -0.1) is 0 Å². The Hall–Kier alpha value is -2.87. The van der Waals surface area contributed by atoms with Crippen molar-refractivity contribution in [2.24, 2.45) is 4.99 Å². The highest BCUT2D eigenvalue weighted by Gasteiger charge is 2.32. The Morgan fingerprint density at radius 3 is 2.81 bits per heavy atom. The van der Waals surface area contributed by atoms with Gasteiger partial charge in [-0.1, -0.05) is 30.0 Å². The molecule has 3 rings (SSSR count). The lowest BCUT2D eigenvalue weighted by atomic mass is 10.2. The fourth-order valence-electron chi connectivity index (χ4n) is 2.45. The molecule has 1 fully saturated rings. The van der Waals surface area contributed by atoms with Crippen LogP contribution in [-0.4, -0.2) is 29.3 Å². The number of ether oxygens (including phenoxy) is 1. The van der Waals surface area contributed by atoms with E-state index in [1.54, 1.807) is 43.5 Å². The van der Waals surface area contributed by atoms with Crippen LogP contribution in [0.5, 0.6) is 5.75 Å². The van der Waals surface area contributed by atoms with E-state index in [4.69, 9.17) is 4.74 Å². The van der Waals surface area contributed by atoms with E-state index in [1.807, 2.05) is 0 Å². The van der Waals surface area contributed by atoms with E-state index in [9.17, 15) is 14.0 Å². The maximum Gasteiger partial charge on any atom is 0.240 e. The number of carbonyl (C=O) groups is 2. The van der Waals surface area contributed by atoms with Crippen LogP contribution < -0.4 is 15.4 Å². The third-order valence-corrected chi connectivity index (χ3v) is 4.94. The molecule has 27 heavy (non-hydrogen) atoms. The van der Waals surface area contributed by atoms with Crippen molar-refractivity contribution in [1.82, 2.24) is 5.32 Å². The van der Waals surface area contributed by atoms with E-state index in [0.29, 0.717) is 23.1 Å². The number of carbonyl (C=O) groups excluding carboxylic acids is 2. The second kappa shape index (κ2) is 8.68. The van der Waals surface area contributed by atoms with Crippen molar-refractivity contribution in [3.8, 4) is 5.75 Å². The number of amidine groups is 1. The van der Waals surface area contributed by atoms with Crippen LogP contribution in [0.15, 0.2) is 53.5 Å². The number of thioether (sulfide) groups is 1. The van der Waals surface area contributed by atoms with Gasteiger partial charge in [0.15, 0.2) is 5.17 Å². The molecule has 1 aliphatic heterocycles. The number of nitrogens with zero attached hydrogens (tertiary/aromatic N) is 1.